The van der Waals surface area contributed by atoms with Gasteiger partial charge in [-0.2, -0.15) is 23.4 Å². The molecule has 1 saturated carbocycles. The summed E-state index contributed by atoms with van der Waals surface area (Å²) in [5, 5.41) is 8.88. The summed E-state index contributed by atoms with van der Waals surface area (Å²) in [7, 11) is 0. The van der Waals surface area contributed by atoms with Crippen molar-refractivity contribution in [2.75, 3.05) is 0 Å². The monoisotopic (exact) mass is 467 g/mol. The summed E-state index contributed by atoms with van der Waals surface area (Å²) in [5.74, 6) is 0.0950. The van der Waals surface area contributed by atoms with Gasteiger partial charge in [0.05, 0.1) is 34.9 Å². The molecule has 0 amide bonds. The van der Waals surface area contributed by atoms with Gasteiger partial charge < -0.3 is 4.98 Å². The number of H-pyrrole nitrogens is 2. The van der Waals surface area contributed by atoms with Crippen LogP contribution >= 0.6 is 0 Å². The number of nitrogens with one attached hydrogen (secondary N) is 2. The molecule has 34 heavy (non-hydrogen) atoms. The molecule has 0 saturated heterocycles. The van der Waals surface area contributed by atoms with Gasteiger partial charge in [-0.15, -0.1) is 0 Å². The molecule has 1 aliphatic carbocycles. The molecule has 0 bridgehead atoms. The van der Waals surface area contributed by atoms with Crippen LogP contribution in [0.4, 0.5) is 13.2 Å². The molecule has 12 heteroatoms. The Balaban J connectivity index is 1.39. The molecule has 1 aliphatic rings. The van der Waals surface area contributed by atoms with Crippen LogP contribution in [0.3, 0.4) is 0 Å². The molecule has 0 unspecified atom stereocenters. The number of aromatic amines is 2. The first-order chi connectivity index (χ1) is 16.3. The topological polar surface area (TPSA) is 114 Å². The third kappa shape index (κ3) is 3.47. The first-order valence-electron chi connectivity index (χ1n) is 10.5. The van der Waals surface area contributed by atoms with Crippen LogP contribution in [0.2, 0.25) is 0 Å². The van der Waals surface area contributed by atoms with Crippen LogP contribution in [0.25, 0.3) is 27.8 Å². The molecule has 5 aromatic rings. The molecule has 2 atom stereocenters. The zero-order valence-electron chi connectivity index (χ0n) is 17.4. The first kappa shape index (κ1) is 20.4. The van der Waals surface area contributed by atoms with Crippen molar-refractivity contribution in [3.8, 4) is 11.3 Å². The van der Waals surface area contributed by atoms with E-state index in [0.717, 1.165) is 22.4 Å². The Bertz CT molecular complexity index is 1680. The lowest BCUT2D eigenvalue weighted by Crippen LogP contribution is -2.23. The highest BCUT2D eigenvalue weighted by molar-refractivity contribution is 5.79. The molecule has 6 rings (SSSR count). The predicted molar refractivity (Wildman–Crippen MR) is 116 cm³/mol. The van der Waals surface area contributed by atoms with E-state index < -0.39 is 24.0 Å². The van der Waals surface area contributed by atoms with Gasteiger partial charge >= 0.3 is 11.9 Å². The fourth-order valence-corrected chi connectivity index (χ4v) is 4.44. The van der Waals surface area contributed by atoms with Gasteiger partial charge in [0, 0.05) is 23.6 Å². The van der Waals surface area contributed by atoms with E-state index in [1.54, 1.807) is 35.0 Å². The second-order valence-corrected chi connectivity index (χ2v) is 8.34. The average Bonchev–Trinajstić information content (AvgIpc) is 3.26. The molecule has 172 valence electrons. The predicted octanol–water partition coefficient (Wildman–Crippen LogP) is 2.96. The summed E-state index contributed by atoms with van der Waals surface area (Å²) < 4.78 is 41.4. The van der Waals surface area contributed by atoms with Gasteiger partial charge in [-0.3, -0.25) is 14.5 Å². The number of halogens is 3. The van der Waals surface area contributed by atoms with Crippen molar-refractivity contribution in [3.05, 3.63) is 81.0 Å². The number of hydrogen-bond donors (Lipinski definition) is 2. The summed E-state index contributed by atoms with van der Waals surface area (Å²) in [6.07, 6.45) is 0.751. The molecule has 0 aliphatic heterocycles. The van der Waals surface area contributed by atoms with E-state index in [0.29, 0.717) is 22.2 Å². The second kappa shape index (κ2) is 7.14. The van der Waals surface area contributed by atoms with Gasteiger partial charge in [0.1, 0.15) is 6.54 Å². The van der Waals surface area contributed by atoms with Crippen molar-refractivity contribution in [3.63, 3.8) is 0 Å². The first-order valence-corrected chi connectivity index (χ1v) is 10.5. The molecule has 4 aromatic heterocycles. The Hall–Kier alpha value is -4.22. The van der Waals surface area contributed by atoms with Gasteiger partial charge in [0.15, 0.2) is 5.65 Å². The Morgan fingerprint density at radius 2 is 1.94 bits per heavy atom. The van der Waals surface area contributed by atoms with E-state index in [1.807, 2.05) is 6.07 Å². The quantitative estimate of drug-likeness (QED) is 0.422. The van der Waals surface area contributed by atoms with Crippen molar-refractivity contribution >= 4 is 16.6 Å². The lowest BCUT2D eigenvalue weighted by atomic mass is 10.1. The average molecular weight is 467 g/mol. The van der Waals surface area contributed by atoms with Crippen molar-refractivity contribution in [1.29, 1.82) is 0 Å². The standard InChI is InChI=1S/C22H16F3N7O2/c23-22(24,25)10-31-17-5-11(1-2-12(17)8-28-31)13-6-14(13)18-7-16(29-19-3-4-27-32(18)19)15-9-26-21(34)30-20(15)33/h1-5,7-9,13-14H,6,10H2,(H2,26,30,33,34)/t13-,14+/m0/s1. The number of hydrogen-bond acceptors (Lipinski definition) is 5. The fraction of sp³-hybridized carbons (Fsp3) is 0.227. The van der Waals surface area contributed by atoms with E-state index in [9.17, 15) is 22.8 Å². The van der Waals surface area contributed by atoms with E-state index in [4.69, 9.17) is 0 Å². The lowest BCUT2D eigenvalue weighted by Gasteiger charge is -2.09. The number of fused-ring (bicyclic) bond motifs is 2. The highest BCUT2D eigenvalue weighted by Gasteiger charge is 2.42. The molecule has 9 nitrogen and oxygen atoms in total. The van der Waals surface area contributed by atoms with E-state index in [2.05, 4.69) is 25.1 Å². The van der Waals surface area contributed by atoms with Crippen molar-refractivity contribution in [2.24, 2.45) is 0 Å². The molecule has 1 aromatic carbocycles. The maximum Gasteiger partial charge on any atom is 0.408 e. The number of alkyl halides is 3. The number of nitrogens with zero attached hydrogens (tertiary/aromatic N) is 5. The van der Waals surface area contributed by atoms with Gasteiger partial charge in [-0.25, -0.2) is 14.3 Å². The largest absolute Gasteiger partial charge is 0.408 e. The van der Waals surface area contributed by atoms with Gasteiger partial charge in [-0.1, -0.05) is 12.1 Å². The van der Waals surface area contributed by atoms with E-state index in [-0.39, 0.29) is 17.4 Å². The minimum atomic E-state index is -4.37. The summed E-state index contributed by atoms with van der Waals surface area (Å²) >= 11 is 0. The molecule has 2 N–H and O–H groups in total. The maximum atomic E-state index is 12.9. The Labute approximate surface area is 187 Å². The Morgan fingerprint density at radius 3 is 2.74 bits per heavy atom. The van der Waals surface area contributed by atoms with Gasteiger partial charge in [0.25, 0.3) is 5.56 Å². The summed E-state index contributed by atoms with van der Waals surface area (Å²) in [6, 6.07) is 8.92. The van der Waals surface area contributed by atoms with Crippen LogP contribution in [0.1, 0.15) is 29.5 Å². The second-order valence-electron chi connectivity index (χ2n) is 8.34. The third-order valence-corrected chi connectivity index (χ3v) is 6.08. The smallest absolute Gasteiger partial charge is 0.313 e. The van der Waals surface area contributed by atoms with Crippen molar-refractivity contribution in [2.45, 2.75) is 31.0 Å². The van der Waals surface area contributed by atoms with Gasteiger partial charge in [0.2, 0.25) is 0 Å². The number of rotatable bonds is 4. The zero-order valence-corrected chi connectivity index (χ0v) is 17.4. The summed E-state index contributed by atoms with van der Waals surface area (Å²) in [4.78, 5) is 32.8. The zero-order chi connectivity index (χ0) is 23.6. The van der Waals surface area contributed by atoms with Crippen molar-refractivity contribution in [1.82, 2.24) is 34.3 Å². The normalized spacial score (nSPS) is 18.1. The van der Waals surface area contributed by atoms with Crippen LogP contribution < -0.4 is 11.2 Å². The molecule has 1 fully saturated rings. The van der Waals surface area contributed by atoms with Crippen LogP contribution in [0, 0.1) is 0 Å². The Kier molecular flexibility index (Phi) is 4.28. The third-order valence-electron chi connectivity index (χ3n) is 6.08. The Morgan fingerprint density at radius 1 is 1.09 bits per heavy atom. The molecule has 4 heterocycles. The fourth-order valence-electron chi connectivity index (χ4n) is 4.44. The number of aromatic nitrogens is 7. The van der Waals surface area contributed by atoms with Crippen molar-refractivity contribution < 1.29 is 13.2 Å². The highest BCUT2D eigenvalue weighted by atomic mass is 19.4. The van der Waals surface area contributed by atoms with E-state index >= 15 is 0 Å². The molecular weight excluding hydrogens is 451 g/mol. The van der Waals surface area contributed by atoms with E-state index in [1.165, 1.54) is 12.4 Å². The summed E-state index contributed by atoms with van der Waals surface area (Å²) in [5.41, 5.74) is 2.15. The SMILES string of the molecule is O=c1[nH]cc(-c2cc([C@@H]3C[C@H]3c3ccc4cnn(CC(F)(F)F)c4c3)n3nccc3n2)c(=O)[nH]1. The van der Waals surface area contributed by atoms with Crippen LogP contribution in [0.5, 0.6) is 0 Å². The van der Waals surface area contributed by atoms with Gasteiger partial charge in [-0.05, 0) is 30.0 Å². The minimum Gasteiger partial charge on any atom is -0.313 e. The highest BCUT2D eigenvalue weighted by Crippen LogP contribution is 2.55. The van der Waals surface area contributed by atoms with Crippen LogP contribution in [0.15, 0.2) is 58.5 Å². The maximum absolute atomic E-state index is 12.9. The molecular formula is C22H16F3N7O2. The molecule has 0 spiro atoms. The molecule has 0 radical (unpaired) electrons. The number of benzene rings is 1. The van der Waals surface area contributed by atoms with Crippen LogP contribution in [-0.2, 0) is 6.54 Å². The summed E-state index contributed by atoms with van der Waals surface area (Å²) in [6.45, 7) is -1.15. The lowest BCUT2D eigenvalue weighted by molar-refractivity contribution is -0.141. The van der Waals surface area contributed by atoms with Crippen LogP contribution in [-0.4, -0.2) is 40.5 Å². The minimum absolute atomic E-state index is 0.0300.